The molecule has 0 aliphatic rings. The molecule has 4 aromatic rings. The molecular formula is C24H20O4. The lowest BCUT2D eigenvalue weighted by atomic mass is 9.92. The smallest absolute Gasteiger partial charge is 0.127 e. The van der Waals surface area contributed by atoms with Crippen molar-refractivity contribution in [3.05, 3.63) is 95.1 Å². The number of rotatable bonds is 4. The average molecular weight is 372 g/mol. The van der Waals surface area contributed by atoms with Crippen LogP contribution in [0.4, 0.5) is 0 Å². The predicted molar refractivity (Wildman–Crippen MR) is 109 cm³/mol. The summed E-state index contributed by atoms with van der Waals surface area (Å²) in [6.45, 7) is 0. The second-order valence-corrected chi connectivity index (χ2v) is 6.93. The maximum atomic E-state index is 10.8. The van der Waals surface area contributed by atoms with Gasteiger partial charge in [-0.15, -0.1) is 0 Å². The summed E-state index contributed by atoms with van der Waals surface area (Å²) in [5.74, 6) is 0.672. The van der Waals surface area contributed by atoms with Crippen LogP contribution in [0.3, 0.4) is 0 Å². The molecule has 0 bridgehead atoms. The number of phenolic OH excluding ortho intramolecular Hbond substituents is 4. The van der Waals surface area contributed by atoms with E-state index in [1.165, 1.54) is 0 Å². The number of phenols is 4. The molecule has 140 valence electrons. The summed E-state index contributed by atoms with van der Waals surface area (Å²) < 4.78 is 0. The molecule has 0 unspecified atom stereocenters. The normalized spacial score (nSPS) is 11.0. The first-order valence-electron chi connectivity index (χ1n) is 9.02. The lowest BCUT2D eigenvalue weighted by Crippen LogP contribution is -1.96. The number of hydrogen-bond donors (Lipinski definition) is 4. The van der Waals surface area contributed by atoms with E-state index >= 15 is 0 Å². The Bertz CT molecular complexity index is 1130. The first-order valence-corrected chi connectivity index (χ1v) is 9.02. The summed E-state index contributed by atoms with van der Waals surface area (Å²) in [6, 6.07) is 20.9. The summed E-state index contributed by atoms with van der Waals surface area (Å²) in [5.41, 5.74) is 3.59. The highest BCUT2D eigenvalue weighted by molar-refractivity contribution is 5.96. The third-order valence-electron chi connectivity index (χ3n) is 4.93. The van der Waals surface area contributed by atoms with Gasteiger partial charge >= 0.3 is 0 Å². The van der Waals surface area contributed by atoms with E-state index in [0.29, 0.717) is 23.6 Å². The molecule has 0 spiro atoms. The second kappa shape index (κ2) is 7.16. The predicted octanol–water partition coefficient (Wildman–Crippen LogP) is 4.84. The molecule has 4 aromatic carbocycles. The molecule has 4 heteroatoms. The highest BCUT2D eigenvalue weighted by atomic mass is 16.3. The van der Waals surface area contributed by atoms with Crippen LogP contribution in [-0.4, -0.2) is 20.4 Å². The van der Waals surface area contributed by atoms with E-state index in [1.54, 1.807) is 42.5 Å². The van der Waals surface area contributed by atoms with Crippen molar-refractivity contribution in [2.45, 2.75) is 12.8 Å². The van der Waals surface area contributed by atoms with Crippen LogP contribution in [-0.2, 0) is 12.8 Å². The first-order chi connectivity index (χ1) is 13.5. The number of fused-ring (bicyclic) bond motifs is 1. The Morgan fingerprint density at radius 1 is 0.571 bits per heavy atom. The van der Waals surface area contributed by atoms with Crippen molar-refractivity contribution in [1.82, 2.24) is 0 Å². The van der Waals surface area contributed by atoms with E-state index in [1.807, 2.05) is 30.3 Å². The van der Waals surface area contributed by atoms with Crippen molar-refractivity contribution in [3.63, 3.8) is 0 Å². The minimum absolute atomic E-state index is 0.123. The first kappa shape index (κ1) is 17.7. The number of benzene rings is 4. The molecule has 4 rings (SSSR count). The summed E-state index contributed by atoms with van der Waals surface area (Å²) >= 11 is 0. The van der Waals surface area contributed by atoms with E-state index in [2.05, 4.69) is 0 Å². The van der Waals surface area contributed by atoms with Crippen molar-refractivity contribution in [1.29, 1.82) is 0 Å². The van der Waals surface area contributed by atoms with Crippen LogP contribution in [0, 0.1) is 0 Å². The standard InChI is InChI=1S/C24H20O4/c25-19-8-4-15(5-9-19)12-17-14-18(13-16-6-10-20(26)11-7-16)24(28)21-2-1-3-22(27)23(17)21/h1-11,14,25-28H,12-13H2. The highest BCUT2D eigenvalue weighted by Crippen LogP contribution is 2.38. The maximum absolute atomic E-state index is 10.8. The van der Waals surface area contributed by atoms with Gasteiger partial charge in [-0.05, 0) is 59.0 Å². The lowest BCUT2D eigenvalue weighted by molar-refractivity contribution is 0.471. The molecule has 4 nitrogen and oxygen atoms in total. The zero-order valence-electron chi connectivity index (χ0n) is 15.1. The fourth-order valence-corrected chi connectivity index (χ4v) is 3.54. The van der Waals surface area contributed by atoms with Crippen LogP contribution in [0.5, 0.6) is 23.0 Å². The minimum atomic E-state index is 0.123. The van der Waals surface area contributed by atoms with Gasteiger partial charge in [0.05, 0.1) is 0 Å². The van der Waals surface area contributed by atoms with Gasteiger partial charge in [0.1, 0.15) is 23.0 Å². The SMILES string of the molecule is Oc1ccc(Cc2cc(Cc3ccc(O)cc3)c3c(O)cccc3c2O)cc1. The molecule has 4 N–H and O–H groups in total. The van der Waals surface area contributed by atoms with Crippen molar-refractivity contribution < 1.29 is 20.4 Å². The monoisotopic (exact) mass is 372 g/mol. The fraction of sp³-hybridized carbons (Fsp3) is 0.0833. The minimum Gasteiger partial charge on any atom is -0.508 e. The molecule has 0 aliphatic heterocycles. The molecular weight excluding hydrogens is 352 g/mol. The largest absolute Gasteiger partial charge is 0.508 e. The van der Waals surface area contributed by atoms with Gasteiger partial charge in [0.15, 0.2) is 0 Å². The Morgan fingerprint density at radius 3 is 1.68 bits per heavy atom. The van der Waals surface area contributed by atoms with Crippen LogP contribution < -0.4 is 0 Å². The van der Waals surface area contributed by atoms with Gasteiger partial charge in [0, 0.05) is 17.2 Å². The number of hydrogen-bond acceptors (Lipinski definition) is 4. The van der Waals surface area contributed by atoms with Gasteiger partial charge in [-0.25, -0.2) is 0 Å². The van der Waals surface area contributed by atoms with Crippen LogP contribution in [0.1, 0.15) is 22.3 Å². The third kappa shape index (κ3) is 3.45. The van der Waals surface area contributed by atoms with E-state index in [9.17, 15) is 20.4 Å². The molecule has 28 heavy (non-hydrogen) atoms. The van der Waals surface area contributed by atoms with Crippen LogP contribution in [0.2, 0.25) is 0 Å². The van der Waals surface area contributed by atoms with E-state index < -0.39 is 0 Å². The molecule has 0 saturated carbocycles. The van der Waals surface area contributed by atoms with Gasteiger partial charge in [-0.1, -0.05) is 42.5 Å². The van der Waals surface area contributed by atoms with E-state index in [-0.39, 0.29) is 23.0 Å². The second-order valence-electron chi connectivity index (χ2n) is 6.93. The lowest BCUT2D eigenvalue weighted by Gasteiger charge is -2.15. The molecule has 0 aromatic heterocycles. The molecule has 0 amide bonds. The van der Waals surface area contributed by atoms with Gasteiger partial charge < -0.3 is 20.4 Å². The molecule has 0 heterocycles. The Hall–Kier alpha value is -3.66. The summed E-state index contributed by atoms with van der Waals surface area (Å²) in [5, 5.41) is 41.5. The zero-order chi connectivity index (χ0) is 19.7. The summed E-state index contributed by atoms with van der Waals surface area (Å²) in [4.78, 5) is 0. The topological polar surface area (TPSA) is 80.9 Å². The molecule has 0 radical (unpaired) electrons. The maximum Gasteiger partial charge on any atom is 0.127 e. The van der Waals surface area contributed by atoms with E-state index in [4.69, 9.17) is 0 Å². The van der Waals surface area contributed by atoms with Gasteiger partial charge in [0.25, 0.3) is 0 Å². The van der Waals surface area contributed by atoms with Gasteiger partial charge in [0.2, 0.25) is 0 Å². The summed E-state index contributed by atoms with van der Waals surface area (Å²) in [7, 11) is 0. The van der Waals surface area contributed by atoms with Crippen LogP contribution in [0.15, 0.2) is 72.8 Å². The van der Waals surface area contributed by atoms with Crippen molar-refractivity contribution in [3.8, 4) is 23.0 Å². The van der Waals surface area contributed by atoms with E-state index in [0.717, 1.165) is 22.3 Å². The van der Waals surface area contributed by atoms with Crippen LogP contribution >= 0.6 is 0 Å². The van der Waals surface area contributed by atoms with Crippen LogP contribution in [0.25, 0.3) is 10.8 Å². The molecule has 0 aliphatic carbocycles. The van der Waals surface area contributed by atoms with Crippen molar-refractivity contribution >= 4 is 10.8 Å². The molecule has 0 saturated heterocycles. The Kier molecular flexibility index (Phi) is 4.53. The number of aromatic hydroxyl groups is 4. The zero-order valence-corrected chi connectivity index (χ0v) is 15.1. The average Bonchev–Trinajstić information content (AvgIpc) is 2.69. The Morgan fingerprint density at radius 2 is 1.11 bits per heavy atom. The van der Waals surface area contributed by atoms with Crippen molar-refractivity contribution in [2.75, 3.05) is 0 Å². The highest BCUT2D eigenvalue weighted by Gasteiger charge is 2.15. The van der Waals surface area contributed by atoms with Crippen molar-refractivity contribution in [2.24, 2.45) is 0 Å². The van der Waals surface area contributed by atoms with Gasteiger partial charge in [-0.3, -0.25) is 0 Å². The molecule has 0 atom stereocenters. The Balaban J connectivity index is 1.83. The Labute approximate surface area is 162 Å². The fourth-order valence-electron chi connectivity index (χ4n) is 3.54. The summed E-state index contributed by atoms with van der Waals surface area (Å²) in [6.07, 6.45) is 1.05. The van der Waals surface area contributed by atoms with Gasteiger partial charge in [-0.2, -0.15) is 0 Å². The molecule has 0 fully saturated rings. The quantitative estimate of drug-likeness (QED) is 0.413. The third-order valence-corrected chi connectivity index (χ3v) is 4.93.